The summed E-state index contributed by atoms with van der Waals surface area (Å²) in [6.07, 6.45) is -4.52. The maximum Gasteiger partial charge on any atom is 0.416 e. The van der Waals surface area contributed by atoms with Gasteiger partial charge in [0.15, 0.2) is 18.1 Å². The third kappa shape index (κ3) is 6.06. The van der Waals surface area contributed by atoms with Crippen LogP contribution in [0.5, 0.6) is 11.5 Å². The molecule has 6 nitrogen and oxygen atoms in total. The zero-order valence-electron chi connectivity index (χ0n) is 14.8. The van der Waals surface area contributed by atoms with E-state index in [1.807, 2.05) is 0 Å². The first-order valence-corrected chi connectivity index (χ1v) is 7.88. The predicted octanol–water partition coefficient (Wildman–Crippen LogP) is 4.11. The molecular weight excluding hydrogens is 405 g/mol. The van der Waals surface area contributed by atoms with E-state index in [1.54, 1.807) is 0 Å². The van der Waals surface area contributed by atoms with Crippen molar-refractivity contribution in [2.24, 2.45) is 0 Å². The molecule has 1 amide bonds. The van der Waals surface area contributed by atoms with Gasteiger partial charge in [0, 0.05) is 5.69 Å². The molecule has 1 N–H and O–H groups in total. The largest absolute Gasteiger partial charge is 0.493 e. The van der Waals surface area contributed by atoms with Gasteiger partial charge in [-0.25, -0.2) is 4.79 Å². The molecule has 0 saturated heterocycles. The van der Waals surface area contributed by atoms with Crippen molar-refractivity contribution in [2.75, 3.05) is 19.0 Å². The number of hydrogen-bond acceptors (Lipinski definition) is 5. The molecular formula is C18H14F5NO5. The van der Waals surface area contributed by atoms with Crippen molar-refractivity contribution in [3.05, 3.63) is 53.6 Å². The number of carbonyl (C=O) groups excluding carboxylic acids is 2. The Hall–Kier alpha value is -3.37. The Morgan fingerprint density at radius 2 is 1.72 bits per heavy atom. The third-order valence-corrected chi connectivity index (χ3v) is 3.46. The molecule has 2 aromatic rings. The van der Waals surface area contributed by atoms with E-state index >= 15 is 0 Å². The Morgan fingerprint density at radius 1 is 1.07 bits per heavy atom. The standard InChI is InChI=1S/C18H14F5NO5/c1-27-13-4-2-3-12(15(13)29-17(19)20)16(26)28-9-14(25)24-11-7-5-10(6-8-11)18(21,22)23/h2-8,17H,9H2,1H3,(H,24,25). The highest BCUT2D eigenvalue weighted by Crippen LogP contribution is 2.33. The van der Waals surface area contributed by atoms with Crippen LogP contribution in [0.15, 0.2) is 42.5 Å². The van der Waals surface area contributed by atoms with Crippen LogP contribution in [0.2, 0.25) is 0 Å². The number of hydrogen-bond donors (Lipinski definition) is 1. The summed E-state index contributed by atoms with van der Waals surface area (Å²) in [5, 5.41) is 2.24. The predicted molar refractivity (Wildman–Crippen MR) is 90.0 cm³/mol. The molecule has 0 aromatic heterocycles. The second kappa shape index (κ2) is 9.22. The number of esters is 1. The topological polar surface area (TPSA) is 73.9 Å². The van der Waals surface area contributed by atoms with Gasteiger partial charge in [0.25, 0.3) is 5.91 Å². The van der Waals surface area contributed by atoms with Gasteiger partial charge in [0.2, 0.25) is 0 Å². The molecule has 0 atom stereocenters. The highest BCUT2D eigenvalue weighted by Gasteiger charge is 2.30. The first-order valence-electron chi connectivity index (χ1n) is 7.88. The zero-order valence-corrected chi connectivity index (χ0v) is 14.8. The van der Waals surface area contributed by atoms with Gasteiger partial charge < -0.3 is 19.5 Å². The zero-order chi connectivity index (χ0) is 21.6. The summed E-state index contributed by atoms with van der Waals surface area (Å²) in [7, 11) is 1.18. The number of ether oxygens (including phenoxy) is 3. The molecule has 0 aliphatic rings. The molecule has 0 bridgehead atoms. The number of carbonyl (C=O) groups is 2. The van der Waals surface area contributed by atoms with E-state index in [2.05, 4.69) is 10.1 Å². The first kappa shape index (κ1) is 21.9. The number of alkyl halides is 5. The molecule has 0 radical (unpaired) electrons. The van der Waals surface area contributed by atoms with Crippen molar-refractivity contribution < 1.29 is 45.8 Å². The van der Waals surface area contributed by atoms with Gasteiger partial charge in [-0.1, -0.05) is 6.07 Å². The molecule has 11 heteroatoms. The van der Waals surface area contributed by atoms with Crippen molar-refractivity contribution in [2.45, 2.75) is 12.8 Å². The summed E-state index contributed by atoms with van der Waals surface area (Å²) in [5.41, 5.74) is -1.25. The van der Waals surface area contributed by atoms with E-state index in [0.717, 1.165) is 30.3 Å². The van der Waals surface area contributed by atoms with Crippen LogP contribution in [0.4, 0.5) is 27.6 Å². The molecule has 0 spiro atoms. The molecule has 29 heavy (non-hydrogen) atoms. The minimum Gasteiger partial charge on any atom is -0.493 e. The molecule has 156 valence electrons. The number of benzene rings is 2. The highest BCUT2D eigenvalue weighted by atomic mass is 19.4. The van der Waals surface area contributed by atoms with Crippen LogP contribution in [0.3, 0.4) is 0 Å². The molecule has 2 rings (SSSR count). The summed E-state index contributed by atoms with van der Waals surface area (Å²) in [6.45, 7) is -4.05. The summed E-state index contributed by atoms with van der Waals surface area (Å²) < 4.78 is 76.6. The van der Waals surface area contributed by atoms with Gasteiger partial charge in [-0.3, -0.25) is 4.79 Å². The number of para-hydroxylation sites is 1. The van der Waals surface area contributed by atoms with Crippen molar-refractivity contribution in [3.63, 3.8) is 0 Å². The lowest BCUT2D eigenvalue weighted by molar-refractivity contribution is -0.137. The lowest BCUT2D eigenvalue weighted by Crippen LogP contribution is -2.21. The van der Waals surface area contributed by atoms with Gasteiger partial charge in [-0.15, -0.1) is 0 Å². The fraction of sp³-hybridized carbons (Fsp3) is 0.222. The fourth-order valence-corrected chi connectivity index (χ4v) is 2.20. The molecule has 0 fully saturated rings. The monoisotopic (exact) mass is 419 g/mol. The highest BCUT2D eigenvalue weighted by molar-refractivity contribution is 5.97. The number of nitrogens with one attached hydrogen (secondary N) is 1. The van der Waals surface area contributed by atoms with Crippen molar-refractivity contribution in [1.29, 1.82) is 0 Å². The van der Waals surface area contributed by atoms with E-state index in [1.165, 1.54) is 19.2 Å². The summed E-state index contributed by atoms with van der Waals surface area (Å²) in [6, 6.07) is 7.34. The second-order valence-corrected chi connectivity index (χ2v) is 5.41. The van der Waals surface area contributed by atoms with Crippen LogP contribution in [-0.4, -0.2) is 32.2 Å². The Bertz CT molecular complexity index is 868. The van der Waals surface area contributed by atoms with Gasteiger partial charge in [-0.2, -0.15) is 22.0 Å². The van der Waals surface area contributed by atoms with Gasteiger partial charge in [0.1, 0.15) is 5.56 Å². The number of amides is 1. The third-order valence-electron chi connectivity index (χ3n) is 3.46. The van der Waals surface area contributed by atoms with Crippen LogP contribution in [-0.2, 0) is 15.7 Å². The molecule has 0 aliphatic carbocycles. The molecule has 0 aliphatic heterocycles. The molecule has 0 saturated carbocycles. The van der Waals surface area contributed by atoms with Crippen LogP contribution in [0.1, 0.15) is 15.9 Å². The van der Waals surface area contributed by atoms with Crippen LogP contribution in [0.25, 0.3) is 0 Å². The van der Waals surface area contributed by atoms with E-state index in [-0.39, 0.29) is 11.4 Å². The normalized spacial score (nSPS) is 11.1. The van der Waals surface area contributed by atoms with Crippen molar-refractivity contribution in [1.82, 2.24) is 0 Å². The van der Waals surface area contributed by atoms with E-state index in [4.69, 9.17) is 9.47 Å². The van der Waals surface area contributed by atoms with Crippen molar-refractivity contribution >= 4 is 17.6 Å². The van der Waals surface area contributed by atoms with Crippen molar-refractivity contribution in [3.8, 4) is 11.5 Å². The second-order valence-electron chi connectivity index (χ2n) is 5.41. The summed E-state index contributed by atoms with van der Waals surface area (Å²) >= 11 is 0. The average Bonchev–Trinajstić information content (AvgIpc) is 2.65. The number of halogens is 5. The van der Waals surface area contributed by atoms with Crippen LogP contribution >= 0.6 is 0 Å². The lowest BCUT2D eigenvalue weighted by Gasteiger charge is -2.14. The summed E-state index contributed by atoms with van der Waals surface area (Å²) in [4.78, 5) is 23.9. The number of methoxy groups -OCH3 is 1. The van der Waals surface area contributed by atoms with Gasteiger partial charge in [0.05, 0.1) is 12.7 Å². The van der Waals surface area contributed by atoms with Crippen LogP contribution in [0, 0.1) is 0 Å². The maximum atomic E-state index is 12.6. The maximum absolute atomic E-state index is 12.6. The number of rotatable bonds is 7. The molecule has 0 heterocycles. The smallest absolute Gasteiger partial charge is 0.416 e. The van der Waals surface area contributed by atoms with E-state index < -0.39 is 48.1 Å². The molecule has 2 aromatic carbocycles. The summed E-state index contributed by atoms with van der Waals surface area (Å²) in [5.74, 6) is -2.69. The minimum absolute atomic E-state index is 0.0437. The fourth-order valence-electron chi connectivity index (χ4n) is 2.20. The Morgan fingerprint density at radius 3 is 2.28 bits per heavy atom. The van der Waals surface area contributed by atoms with Crippen LogP contribution < -0.4 is 14.8 Å². The lowest BCUT2D eigenvalue weighted by atomic mass is 10.2. The van der Waals surface area contributed by atoms with Gasteiger partial charge in [-0.05, 0) is 36.4 Å². The molecule has 0 unspecified atom stereocenters. The van der Waals surface area contributed by atoms with E-state index in [9.17, 15) is 31.5 Å². The van der Waals surface area contributed by atoms with Gasteiger partial charge >= 0.3 is 18.8 Å². The van der Waals surface area contributed by atoms with E-state index in [0.29, 0.717) is 0 Å². The average molecular weight is 419 g/mol. The minimum atomic E-state index is -4.52. The quantitative estimate of drug-likeness (QED) is 0.540. The Labute approximate surface area is 161 Å². The SMILES string of the molecule is COc1cccc(C(=O)OCC(=O)Nc2ccc(C(F)(F)F)cc2)c1OC(F)F. The Balaban J connectivity index is 2.01. The first-order chi connectivity index (χ1) is 13.6. The Kier molecular flexibility index (Phi) is 6.97. The number of anilines is 1.